The Hall–Kier alpha value is -1.90. The molecule has 2 heterocycles. The monoisotopic (exact) mass is 455 g/mol. The Morgan fingerprint density at radius 3 is 2.73 bits per heavy atom. The van der Waals surface area contributed by atoms with Gasteiger partial charge in [0.15, 0.2) is 0 Å². The minimum absolute atomic E-state index is 0.106. The van der Waals surface area contributed by atoms with Gasteiger partial charge in [-0.15, -0.1) is 11.3 Å². The van der Waals surface area contributed by atoms with E-state index in [2.05, 4.69) is 26.3 Å². The number of fused-ring (bicyclic) bond motifs is 1. The Kier molecular flexibility index (Phi) is 5.36. The zero-order chi connectivity index (χ0) is 19.0. The number of thiophene rings is 1. The van der Waals surface area contributed by atoms with Gasteiger partial charge in [-0.2, -0.15) is 5.10 Å². The molecule has 0 aliphatic carbocycles. The number of methoxy groups -OCH3 is 1. The average molecular weight is 457 g/mol. The second-order valence-corrected chi connectivity index (χ2v) is 7.86. The van der Waals surface area contributed by atoms with Gasteiger partial charge in [-0.25, -0.2) is 4.79 Å². The van der Waals surface area contributed by atoms with Crippen molar-refractivity contribution in [2.75, 3.05) is 12.4 Å². The first kappa shape index (κ1) is 18.9. The highest BCUT2D eigenvalue weighted by Crippen LogP contribution is 2.37. The van der Waals surface area contributed by atoms with E-state index >= 15 is 0 Å². The molecule has 2 aromatic heterocycles. The number of nitrogens with one attached hydrogen (secondary N) is 1. The van der Waals surface area contributed by atoms with E-state index in [1.54, 1.807) is 22.9 Å². The van der Waals surface area contributed by atoms with E-state index in [-0.39, 0.29) is 12.5 Å². The Morgan fingerprint density at radius 1 is 1.38 bits per heavy atom. The van der Waals surface area contributed by atoms with Gasteiger partial charge in [0.05, 0.1) is 28.0 Å². The van der Waals surface area contributed by atoms with Crippen molar-refractivity contribution in [3.05, 3.63) is 44.0 Å². The molecular weight excluding hydrogens is 442 g/mol. The molecule has 0 saturated carbocycles. The summed E-state index contributed by atoms with van der Waals surface area (Å²) in [6, 6.07) is 5.31. The lowest BCUT2D eigenvalue weighted by Crippen LogP contribution is -2.20. The number of aromatic nitrogens is 2. The molecule has 0 aliphatic heterocycles. The lowest BCUT2D eigenvalue weighted by atomic mass is 10.2. The van der Waals surface area contributed by atoms with E-state index in [0.29, 0.717) is 15.6 Å². The van der Waals surface area contributed by atoms with Gasteiger partial charge < -0.3 is 10.1 Å². The number of rotatable bonds is 4. The van der Waals surface area contributed by atoms with Crippen molar-refractivity contribution in [3.8, 4) is 0 Å². The highest BCUT2D eigenvalue weighted by Gasteiger charge is 2.18. The second kappa shape index (κ2) is 7.38. The third kappa shape index (κ3) is 3.49. The van der Waals surface area contributed by atoms with Crippen molar-refractivity contribution < 1.29 is 14.3 Å². The van der Waals surface area contributed by atoms with Crippen LogP contribution in [-0.4, -0.2) is 28.8 Å². The zero-order valence-electron chi connectivity index (χ0n) is 14.2. The normalized spacial score (nSPS) is 11.0. The van der Waals surface area contributed by atoms with E-state index in [1.807, 2.05) is 13.8 Å². The molecule has 26 heavy (non-hydrogen) atoms. The van der Waals surface area contributed by atoms with Crippen LogP contribution < -0.4 is 5.32 Å². The Labute approximate surface area is 167 Å². The number of esters is 1. The predicted octanol–water partition coefficient (Wildman–Crippen LogP) is 4.56. The molecule has 0 spiro atoms. The van der Waals surface area contributed by atoms with Gasteiger partial charge in [-0.05, 0) is 48.0 Å². The molecule has 1 aromatic carbocycles. The maximum Gasteiger partial charge on any atom is 0.349 e. The van der Waals surface area contributed by atoms with Crippen molar-refractivity contribution in [1.82, 2.24) is 9.78 Å². The lowest BCUT2D eigenvalue weighted by Gasteiger charge is -2.07. The summed E-state index contributed by atoms with van der Waals surface area (Å²) in [5, 5.41) is 8.28. The van der Waals surface area contributed by atoms with E-state index < -0.39 is 5.97 Å². The van der Waals surface area contributed by atoms with Gasteiger partial charge in [0.25, 0.3) is 0 Å². The Morgan fingerprint density at radius 2 is 2.12 bits per heavy atom. The Balaban J connectivity index is 1.81. The number of carbonyl (C=O) groups excluding carboxylic acids is 2. The van der Waals surface area contributed by atoms with Crippen molar-refractivity contribution in [3.63, 3.8) is 0 Å². The van der Waals surface area contributed by atoms with E-state index in [4.69, 9.17) is 16.3 Å². The summed E-state index contributed by atoms with van der Waals surface area (Å²) in [7, 11) is 1.31. The maximum absolute atomic E-state index is 12.3. The highest BCUT2D eigenvalue weighted by atomic mass is 79.9. The fraction of sp³-hybridized carbons (Fsp3) is 0.235. The molecule has 0 fully saturated rings. The van der Waals surface area contributed by atoms with Gasteiger partial charge in [0, 0.05) is 15.8 Å². The second-order valence-electron chi connectivity index (χ2n) is 5.64. The van der Waals surface area contributed by atoms with Crippen LogP contribution in [0.5, 0.6) is 0 Å². The van der Waals surface area contributed by atoms with E-state index in [9.17, 15) is 9.59 Å². The number of halogens is 2. The molecule has 1 amide bonds. The van der Waals surface area contributed by atoms with Gasteiger partial charge in [0.1, 0.15) is 11.4 Å². The van der Waals surface area contributed by atoms with Crippen LogP contribution in [0.4, 0.5) is 5.69 Å². The smallest absolute Gasteiger partial charge is 0.349 e. The summed E-state index contributed by atoms with van der Waals surface area (Å²) < 4.78 is 8.07. The van der Waals surface area contributed by atoms with E-state index in [1.165, 1.54) is 18.4 Å². The molecule has 0 unspecified atom stereocenters. The van der Waals surface area contributed by atoms with Crippen molar-refractivity contribution >= 4 is 66.5 Å². The summed E-state index contributed by atoms with van der Waals surface area (Å²) in [5.41, 5.74) is 2.35. The molecular formula is C17H15BrClN3O3S. The quantitative estimate of drug-likeness (QED) is 0.584. The fourth-order valence-electron chi connectivity index (χ4n) is 2.53. The SMILES string of the molecule is COC(=O)c1sc2cc(NC(=O)Cn3nc(C)c(Br)c3C)ccc2c1Cl. The molecule has 9 heteroatoms. The Bertz CT molecular complexity index is 1030. The number of hydrogen-bond acceptors (Lipinski definition) is 5. The fourth-order valence-corrected chi connectivity index (χ4v) is 4.28. The number of benzene rings is 1. The first-order valence-electron chi connectivity index (χ1n) is 7.61. The number of hydrogen-bond donors (Lipinski definition) is 1. The van der Waals surface area contributed by atoms with Crippen LogP contribution in [0.15, 0.2) is 22.7 Å². The first-order valence-corrected chi connectivity index (χ1v) is 9.60. The van der Waals surface area contributed by atoms with Crippen molar-refractivity contribution in [2.24, 2.45) is 0 Å². The lowest BCUT2D eigenvalue weighted by molar-refractivity contribution is -0.116. The van der Waals surface area contributed by atoms with Gasteiger partial charge in [-0.3, -0.25) is 9.48 Å². The minimum Gasteiger partial charge on any atom is -0.465 e. The molecule has 3 aromatic rings. The van der Waals surface area contributed by atoms with Crippen molar-refractivity contribution in [1.29, 1.82) is 0 Å². The van der Waals surface area contributed by atoms with Crippen LogP contribution in [0, 0.1) is 13.8 Å². The summed E-state index contributed by atoms with van der Waals surface area (Å²) in [6.07, 6.45) is 0. The molecule has 0 atom stereocenters. The largest absolute Gasteiger partial charge is 0.465 e. The van der Waals surface area contributed by atoms with Gasteiger partial charge in [0.2, 0.25) is 5.91 Å². The summed E-state index contributed by atoms with van der Waals surface area (Å²) in [4.78, 5) is 24.4. The first-order chi connectivity index (χ1) is 12.3. The maximum atomic E-state index is 12.3. The number of aryl methyl sites for hydroxylation is 1. The molecule has 0 aliphatic rings. The highest BCUT2D eigenvalue weighted by molar-refractivity contribution is 9.10. The van der Waals surface area contributed by atoms with Crippen molar-refractivity contribution in [2.45, 2.75) is 20.4 Å². The van der Waals surface area contributed by atoms with Crippen LogP contribution in [0.1, 0.15) is 21.1 Å². The summed E-state index contributed by atoms with van der Waals surface area (Å²) in [6.45, 7) is 3.87. The van der Waals surface area contributed by atoms with E-state index in [0.717, 1.165) is 25.9 Å². The summed E-state index contributed by atoms with van der Waals surface area (Å²) >= 11 is 10.9. The standard InChI is InChI=1S/C17H15BrClN3O3S/c1-8-14(18)9(2)22(21-8)7-13(23)20-10-4-5-11-12(6-10)26-16(15(11)19)17(24)25-3/h4-6H,7H2,1-3H3,(H,20,23). The molecule has 0 radical (unpaired) electrons. The third-order valence-electron chi connectivity index (χ3n) is 3.87. The third-order valence-corrected chi connectivity index (χ3v) is 6.66. The van der Waals surface area contributed by atoms with Crippen LogP contribution in [-0.2, 0) is 16.1 Å². The molecule has 0 saturated heterocycles. The number of ether oxygens (including phenoxy) is 1. The zero-order valence-corrected chi connectivity index (χ0v) is 17.4. The van der Waals surface area contributed by atoms with Gasteiger partial charge in [-0.1, -0.05) is 11.6 Å². The predicted molar refractivity (Wildman–Crippen MR) is 106 cm³/mol. The van der Waals surface area contributed by atoms with Crippen LogP contribution >= 0.6 is 38.9 Å². The van der Waals surface area contributed by atoms with Crippen LogP contribution in [0.25, 0.3) is 10.1 Å². The summed E-state index contributed by atoms with van der Waals surface area (Å²) in [5.74, 6) is -0.671. The molecule has 0 bridgehead atoms. The van der Waals surface area contributed by atoms with Gasteiger partial charge >= 0.3 is 5.97 Å². The number of amides is 1. The molecule has 1 N–H and O–H groups in total. The average Bonchev–Trinajstić information content (AvgIpc) is 3.06. The molecule has 6 nitrogen and oxygen atoms in total. The minimum atomic E-state index is -0.475. The number of carbonyl (C=O) groups is 2. The number of anilines is 1. The number of nitrogens with zero attached hydrogens (tertiary/aromatic N) is 2. The van der Waals surface area contributed by atoms with Crippen LogP contribution in [0.3, 0.4) is 0 Å². The van der Waals surface area contributed by atoms with Crippen LogP contribution in [0.2, 0.25) is 5.02 Å². The topological polar surface area (TPSA) is 73.2 Å². The molecule has 136 valence electrons. The molecule has 3 rings (SSSR count).